The van der Waals surface area contributed by atoms with Crippen molar-refractivity contribution >= 4 is 33.1 Å². The van der Waals surface area contributed by atoms with Crippen LogP contribution in [-0.2, 0) is 6.54 Å². The number of rotatable bonds is 5. The zero-order chi connectivity index (χ0) is 12.1. The van der Waals surface area contributed by atoms with Crippen LogP contribution in [0.3, 0.4) is 0 Å². The molecule has 6 heteroatoms. The Bertz CT molecular complexity index is 365. The monoisotopic (exact) mass is 305 g/mol. The molecule has 3 N–H and O–H groups in total. The Labute approximate surface area is 108 Å². The summed E-state index contributed by atoms with van der Waals surface area (Å²) < 4.78 is 1.11. The molecule has 0 aliphatic heterocycles. The number of amidine groups is 1. The molecule has 1 heterocycles. The largest absolute Gasteiger partial charge is 0.409 e. The van der Waals surface area contributed by atoms with Crippen LogP contribution < -0.4 is 5.73 Å². The van der Waals surface area contributed by atoms with Crippen LogP contribution in [0.15, 0.2) is 21.1 Å². The Kier molecular flexibility index (Phi) is 5.24. The van der Waals surface area contributed by atoms with E-state index >= 15 is 0 Å². The van der Waals surface area contributed by atoms with Crippen molar-refractivity contribution in [2.75, 3.05) is 6.54 Å². The summed E-state index contributed by atoms with van der Waals surface area (Å²) in [5.41, 5.74) is 5.53. The average molecular weight is 306 g/mol. The Morgan fingerprint density at radius 1 is 1.69 bits per heavy atom. The number of hydrogen-bond acceptors (Lipinski definition) is 4. The minimum atomic E-state index is 0.237. The molecule has 0 radical (unpaired) electrons. The highest BCUT2D eigenvalue weighted by Crippen LogP contribution is 2.24. The molecule has 0 spiro atoms. The number of nitrogens with zero attached hydrogens (tertiary/aromatic N) is 2. The molecule has 0 saturated carbocycles. The average Bonchev–Trinajstić information content (AvgIpc) is 2.63. The van der Waals surface area contributed by atoms with Gasteiger partial charge in [0.2, 0.25) is 0 Å². The summed E-state index contributed by atoms with van der Waals surface area (Å²) in [6.07, 6.45) is 0. The summed E-state index contributed by atoms with van der Waals surface area (Å²) >= 11 is 5.20. The third-order valence-corrected chi connectivity index (χ3v) is 4.17. The van der Waals surface area contributed by atoms with Gasteiger partial charge in [-0.15, -0.1) is 11.3 Å². The van der Waals surface area contributed by atoms with Crippen LogP contribution in [0.1, 0.15) is 18.7 Å². The molecule has 0 bridgehead atoms. The summed E-state index contributed by atoms with van der Waals surface area (Å²) in [5.74, 6) is 0.237. The SMILES string of the molecule is CC(C)N(CC(N)=NO)Cc1sccc1Br. The Morgan fingerprint density at radius 3 is 2.81 bits per heavy atom. The van der Waals surface area contributed by atoms with Gasteiger partial charge in [0.1, 0.15) is 0 Å². The summed E-state index contributed by atoms with van der Waals surface area (Å²) in [4.78, 5) is 3.39. The van der Waals surface area contributed by atoms with Crippen molar-refractivity contribution in [3.8, 4) is 0 Å². The molecule has 16 heavy (non-hydrogen) atoms. The molecule has 0 saturated heterocycles. The van der Waals surface area contributed by atoms with Gasteiger partial charge in [-0.25, -0.2) is 0 Å². The second kappa shape index (κ2) is 6.22. The number of nitrogens with two attached hydrogens (primary N) is 1. The summed E-state index contributed by atoms with van der Waals surface area (Å²) in [6, 6.07) is 2.37. The number of hydrogen-bond donors (Lipinski definition) is 2. The normalized spacial score (nSPS) is 12.7. The van der Waals surface area contributed by atoms with E-state index in [1.54, 1.807) is 11.3 Å². The first-order chi connectivity index (χ1) is 7.54. The van der Waals surface area contributed by atoms with Crippen molar-refractivity contribution in [3.05, 3.63) is 20.8 Å². The van der Waals surface area contributed by atoms with Gasteiger partial charge in [-0.2, -0.15) is 0 Å². The molecule has 90 valence electrons. The van der Waals surface area contributed by atoms with Crippen LogP contribution in [0.25, 0.3) is 0 Å². The fourth-order valence-corrected chi connectivity index (χ4v) is 2.79. The highest BCUT2D eigenvalue weighted by Gasteiger charge is 2.14. The first-order valence-electron chi connectivity index (χ1n) is 4.97. The van der Waals surface area contributed by atoms with Crippen LogP contribution in [0.4, 0.5) is 0 Å². The molecular weight excluding hydrogens is 290 g/mol. The van der Waals surface area contributed by atoms with Gasteiger partial charge in [-0.3, -0.25) is 4.90 Å². The zero-order valence-corrected chi connectivity index (χ0v) is 11.8. The highest BCUT2D eigenvalue weighted by atomic mass is 79.9. The van der Waals surface area contributed by atoms with Crippen molar-refractivity contribution in [1.29, 1.82) is 0 Å². The number of thiophene rings is 1. The van der Waals surface area contributed by atoms with E-state index in [4.69, 9.17) is 10.9 Å². The van der Waals surface area contributed by atoms with Crippen LogP contribution in [0.2, 0.25) is 0 Å². The number of halogens is 1. The summed E-state index contributed by atoms with van der Waals surface area (Å²) in [7, 11) is 0. The molecular formula is C10H16BrN3OS. The van der Waals surface area contributed by atoms with Gasteiger partial charge in [0.05, 0.1) is 6.54 Å². The molecule has 1 rings (SSSR count). The van der Waals surface area contributed by atoms with Crippen molar-refractivity contribution in [2.24, 2.45) is 10.9 Å². The first-order valence-corrected chi connectivity index (χ1v) is 6.64. The predicted octanol–water partition coefficient (Wildman–Crippen LogP) is 2.47. The minimum Gasteiger partial charge on any atom is -0.409 e. The van der Waals surface area contributed by atoms with Gasteiger partial charge >= 0.3 is 0 Å². The van der Waals surface area contributed by atoms with Gasteiger partial charge in [0.15, 0.2) is 5.84 Å². The van der Waals surface area contributed by atoms with Gasteiger partial charge < -0.3 is 10.9 Å². The smallest absolute Gasteiger partial charge is 0.153 e. The van der Waals surface area contributed by atoms with E-state index in [1.807, 2.05) is 11.4 Å². The van der Waals surface area contributed by atoms with Crippen molar-refractivity contribution in [2.45, 2.75) is 26.4 Å². The van der Waals surface area contributed by atoms with Gasteiger partial charge in [-0.05, 0) is 41.2 Å². The fraction of sp³-hybridized carbons (Fsp3) is 0.500. The molecule has 0 aliphatic rings. The lowest BCUT2D eigenvalue weighted by Crippen LogP contribution is -2.38. The molecule has 0 atom stereocenters. The van der Waals surface area contributed by atoms with Gasteiger partial charge in [0.25, 0.3) is 0 Å². The Balaban J connectivity index is 2.69. The lowest BCUT2D eigenvalue weighted by atomic mass is 10.3. The van der Waals surface area contributed by atoms with Crippen molar-refractivity contribution < 1.29 is 5.21 Å². The Morgan fingerprint density at radius 2 is 2.38 bits per heavy atom. The maximum atomic E-state index is 8.58. The molecule has 1 aromatic heterocycles. The van der Waals surface area contributed by atoms with Crippen LogP contribution in [0.5, 0.6) is 0 Å². The third kappa shape index (κ3) is 3.77. The van der Waals surface area contributed by atoms with Gasteiger partial charge in [-0.1, -0.05) is 5.16 Å². The molecule has 0 fully saturated rings. The maximum absolute atomic E-state index is 8.58. The molecule has 0 unspecified atom stereocenters. The molecule has 0 aliphatic carbocycles. The number of oxime groups is 1. The fourth-order valence-electron chi connectivity index (χ4n) is 1.28. The lowest BCUT2D eigenvalue weighted by Gasteiger charge is -2.25. The first kappa shape index (κ1) is 13.5. The summed E-state index contributed by atoms with van der Waals surface area (Å²) in [6.45, 7) is 5.45. The minimum absolute atomic E-state index is 0.237. The van der Waals surface area contributed by atoms with Crippen LogP contribution in [0, 0.1) is 0 Å². The van der Waals surface area contributed by atoms with E-state index in [0.717, 1.165) is 11.0 Å². The van der Waals surface area contributed by atoms with E-state index in [2.05, 4.69) is 39.8 Å². The molecule has 1 aromatic rings. The van der Waals surface area contributed by atoms with Crippen molar-refractivity contribution in [1.82, 2.24) is 4.90 Å². The van der Waals surface area contributed by atoms with Gasteiger partial charge in [0, 0.05) is 21.9 Å². The standard InChI is InChI=1S/C10H16BrN3OS/c1-7(2)14(6-10(12)13-15)5-9-8(11)3-4-16-9/h3-4,7,15H,5-6H2,1-2H3,(H2,12,13). The topological polar surface area (TPSA) is 61.8 Å². The molecule has 4 nitrogen and oxygen atoms in total. The van der Waals surface area contributed by atoms with E-state index in [1.165, 1.54) is 4.88 Å². The van der Waals surface area contributed by atoms with Crippen molar-refractivity contribution in [3.63, 3.8) is 0 Å². The van der Waals surface area contributed by atoms with Crippen LogP contribution >= 0.6 is 27.3 Å². The molecule has 0 amide bonds. The second-order valence-corrected chi connectivity index (χ2v) is 5.64. The highest BCUT2D eigenvalue weighted by molar-refractivity contribution is 9.10. The van der Waals surface area contributed by atoms with E-state index in [0.29, 0.717) is 12.6 Å². The second-order valence-electron chi connectivity index (χ2n) is 3.78. The van der Waals surface area contributed by atoms with E-state index < -0.39 is 0 Å². The van der Waals surface area contributed by atoms with E-state index in [-0.39, 0.29) is 5.84 Å². The third-order valence-electron chi connectivity index (χ3n) is 2.26. The molecule has 0 aromatic carbocycles. The zero-order valence-electron chi connectivity index (χ0n) is 9.35. The lowest BCUT2D eigenvalue weighted by molar-refractivity contribution is 0.240. The quantitative estimate of drug-likeness (QED) is 0.380. The Hall–Kier alpha value is -0.590. The maximum Gasteiger partial charge on any atom is 0.153 e. The van der Waals surface area contributed by atoms with Crippen LogP contribution in [-0.4, -0.2) is 28.5 Å². The predicted molar refractivity (Wildman–Crippen MR) is 71.0 cm³/mol. The summed E-state index contributed by atoms with van der Waals surface area (Å²) in [5, 5.41) is 13.6. The van der Waals surface area contributed by atoms with E-state index in [9.17, 15) is 0 Å².